The number of hydrogen-bond donors (Lipinski definition) is 0. The topological polar surface area (TPSA) is 47.8 Å². The fraction of sp³-hybridized carbons (Fsp3) is 0.250. The van der Waals surface area contributed by atoms with Gasteiger partial charge in [-0.15, -0.1) is 5.10 Å². The molecule has 2 rings (SSSR count). The summed E-state index contributed by atoms with van der Waals surface area (Å²) in [6.07, 6.45) is 0. The van der Waals surface area contributed by atoms with Crippen LogP contribution in [0.1, 0.15) is 28.7 Å². The molecule has 0 amide bonds. The average molecular weight is 215 g/mol. The average Bonchev–Trinajstić information content (AvgIpc) is 2.61. The minimum Gasteiger partial charge on any atom is -0.293 e. The van der Waals surface area contributed by atoms with Gasteiger partial charge in [0.1, 0.15) is 0 Å². The molecular formula is C12H13N3O. The highest BCUT2D eigenvalue weighted by Crippen LogP contribution is 2.15. The number of rotatable bonds is 2. The molecule has 4 nitrogen and oxygen atoms in total. The number of benzene rings is 1. The Balaban J connectivity index is 2.58. The Morgan fingerprint density at radius 1 is 1.25 bits per heavy atom. The lowest BCUT2D eigenvalue weighted by Gasteiger charge is -2.06. The van der Waals surface area contributed by atoms with Crippen LogP contribution in [-0.2, 0) is 0 Å². The Morgan fingerprint density at radius 3 is 2.50 bits per heavy atom. The summed E-state index contributed by atoms with van der Waals surface area (Å²) in [7, 11) is 0. The molecule has 0 spiro atoms. The molecule has 1 aromatic heterocycles. The third kappa shape index (κ3) is 1.62. The van der Waals surface area contributed by atoms with Gasteiger partial charge in [-0.2, -0.15) is 0 Å². The molecule has 0 bridgehead atoms. The van der Waals surface area contributed by atoms with Gasteiger partial charge in [0.25, 0.3) is 0 Å². The molecule has 0 fully saturated rings. The molecule has 82 valence electrons. The summed E-state index contributed by atoms with van der Waals surface area (Å²) in [6, 6.07) is 7.87. The van der Waals surface area contributed by atoms with Gasteiger partial charge in [0.2, 0.25) is 0 Å². The second-order valence-corrected chi connectivity index (χ2v) is 3.78. The SMILES string of the molecule is CC(=O)c1nnn(-c2ccccc2C)c1C. The summed E-state index contributed by atoms with van der Waals surface area (Å²) >= 11 is 0. The molecule has 0 saturated heterocycles. The van der Waals surface area contributed by atoms with Gasteiger partial charge in [-0.1, -0.05) is 23.4 Å². The summed E-state index contributed by atoms with van der Waals surface area (Å²) in [6.45, 7) is 5.35. The van der Waals surface area contributed by atoms with Crippen LogP contribution in [0.5, 0.6) is 0 Å². The number of nitrogens with zero attached hydrogens (tertiary/aromatic N) is 3. The number of aryl methyl sites for hydroxylation is 1. The predicted octanol–water partition coefficient (Wildman–Crippen LogP) is 2.09. The van der Waals surface area contributed by atoms with Crippen LogP contribution in [0.2, 0.25) is 0 Å². The van der Waals surface area contributed by atoms with Crippen molar-refractivity contribution in [3.05, 3.63) is 41.2 Å². The van der Waals surface area contributed by atoms with Gasteiger partial charge in [0, 0.05) is 6.92 Å². The van der Waals surface area contributed by atoms with E-state index >= 15 is 0 Å². The summed E-state index contributed by atoms with van der Waals surface area (Å²) in [5, 5.41) is 7.91. The number of hydrogen-bond acceptors (Lipinski definition) is 3. The van der Waals surface area contributed by atoms with Gasteiger partial charge in [-0.25, -0.2) is 4.68 Å². The molecule has 0 aliphatic heterocycles. The van der Waals surface area contributed by atoms with Crippen LogP contribution in [0.3, 0.4) is 0 Å². The quantitative estimate of drug-likeness (QED) is 0.721. The summed E-state index contributed by atoms with van der Waals surface area (Å²) in [5.41, 5.74) is 3.27. The Hall–Kier alpha value is -1.97. The van der Waals surface area contributed by atoms with Crippen LogP contribution in [0.4, 0.5) is 0 Å². The first-order valence-corrected chi connectivity index (χ1v) is 5.10. The zero-order chi connectivity index (χ0) is 11.7. The van der Waals surface area contributed by atoms with E-state index in [0.717, 1.165) is 16.9 Å². The maximum atomic E-state index is 11.3. The van der Waals surface area contributed by atoms with Crippen molar-refractivity contribution in [3.63, 3.8) is 0 Å². The Morgan fingerprint density at radius 2 is 1.94 bits per heavy atom. The van der Waals surface area contributed by atoms with Crippen molar-refractivity contribution in [1.82, 2.24) is 15.0 Å². The van der Waals surface area contributed by atoms with E-state index in [9.17, 15) is 4.79 Å². The molecule has 16 heavy (non-hydrogen) atoms. The van der Waals surface area contributed by atoms with Crippen LogP contribution >= 0.6 is 0 Å². The highest BCUT2D eigenvalue weighted by Gasteiger charge is 2.14. The second kappa shape index (κ2) is 3.89. The molecule has 0 atom stereocenters. The highest BCUT2D eigenvalue weighted by atomic mass is 16.1. The molecule has 0 radical (unpaired) electrons. The van der Waals surface area contributed by atoms with Gasteiger partial charge in [0.05, 0.1) is 11.4 Å². The lowest BCUT2D eigenvalue weighted by Crippen LogP contribution is -2.02. The largest absolute Gasteiger partial charge is 0.293 e. The summed E-state index contributed by atoms with van der Waals surface area (Å²) in [5.74, 6) is -0.0580. The van der Waals surface area contributed by atoms with Gasteiger partial charge >= 0.3 is 0 Å². The minimum atomic E-state index is -0.0580. The van der Waals surface area contributed by atoms with Gasteiger partial charge in [-0.3, -0.25) is 4.79 Å². The normalized spacial score (nSPS) is 10.4. The van der Waals surface area contributed by atoms with E-state index < -0.39 is 0 Å². The predicted molar refractivity (Wildman–Crippen MR) is 60.8 cm³/mol. The number of ketones is 1. The molecule has 1 heterocycles. The van der Waals surface area contributed by atoms with Crippen molar-refractivity contribution in [2.75, 3.05) is 0 Å². The molecule has 2 aromatic rings. The smallest absolute Gasteiger partial charge is 0.181 e. The second-order valence-electron chi connectivity index (χ2n) is 3.78. The minimum absolute atomic E-state index is 0.0580. The first-order valence-electron chi connectivity index (χ1n) is 5.10. The van der Waals surface area contributed by atoms with E-state index in [2.05, 4.69) is 10.3 Å². The van der Waals surface area contributed by atoms with Crippen molar-refractivity contribution in [1.29, 1.82) is 0 Å². The van der Waals surface area contributed by atoms with Crippen molar-refractivity contribution in [2.24, 2.45) is 0 Å². The van der Waals surface area contributed by atoms with E-state index in [4.69, 9.17) is 0 Å². The standard InChI is InChI=1S/C12H13N3O/c1-8-6-4-5-7-11(8)15-9(2)12(10(3)16)13-14-15/h4-7H,1-3H3. The molecule has 4 heteroatoms. The Labute approximate surface area is 93.9 Å². The third-order valence-electron chi connectivity index (χ3n) is 2.57. The van der Waals surface area contributed by atoms with Crippen LogP contribution in [0.25, 0.3) is 5.69 Å². The summed E-state index contributed by atoms with van der Waals surface area (Å²) in [4.78, 5) is 11.3. The molecule has 0 N–H and O–H groups in total. The van der Waals surface area contributed by atoms with Gasteiger partial charge in [0.15, 0.2) is 11.5 Å². The van der Waals surface area contributed by atoms with Gasteiger partial charge < -0.3 is 0 Å². The fourth-order valence-electron chi connectivity index (χ4n) is 1.68. The molecule has 1 aromatic carbocycles. The van der Waals surface area contributed by atoms with Gasteiger partial charge in [-0.05, 0) is 25.5 Å². The van der Waals surface area contributed by atoms with Crippen molar-refractivity contribution >= 4 is 5.78 Å². The van der Waals surface area contributed by atoms with E-state index in [1.807, 2.05) is 38.1 Å². The van der Waals surface area contributed by atoms with E-state index in [1.165, 1.54) is 6.92 Å². The molecule has 0 saturated carbocycles. The number of para-hydroxylation sites is 1. The van der Waals surface area contributed by atoms with Crippen LogP contribution < -0.4 is 0 Å². The first-order chi connectivity index (χ1) is 7.61. The number of carbonyl (C=O) groups excluding carboxylic acids is 1. The lowest BCUT2D eigenvalue weighted by atomic mass is 10.2. The van der Waals surface area contributed by atoms with E-state index in [-0.39, 0.29) is 5.78 Å². The third-order valence-corrected chi connectivity index (χ3v) is 2.57. The Bertz CT molecular complexity index is 543. The maximum Gasteiger partial charge on any atom is 0.181 e. The number of carbonyl (C=O) groups is 1. The molecule has 0 unspecified atom stereocenters. The molecule has 0 aliphatic rings. The zero-order valence-corrected chi connectivity index (χ0v) is 9.56. The van der Waals surface area contributed by atoms with Crippen LogP contribution in [0.15, 0.2) is 24.3 Å². The maximum absolute atomic E-state index is 11.3. The fourth-order valence-corrected chi connectivity index (χ4v) is 1.68. The van der Waals surface area contributed by atoms with Crippen molar-refractivity contribution < 1.29 is 4.79 Å². The van der Waals surface area contributed by atoms with Crippen molar-refractivity contribution in [2.45, 2.75) is 20.8 Å². The molecular weight excluding hydrogens is 202 g/mol. The monoisotopic (exact) mass is 215 g/mol. The van der Waals surface area contributed by atoms with E-state index in [1.54, 1.807) is 4.68 Å². The lowest BCUT2D eigenvalue weighted by molar-refractivity contribution is 0.101. The van der Waals surface area contributed by atoms with E-state index in [0.29, 0.717) is 5.69 Å². The molecule has 0 aliphatic carbocycles. The van der Waals surface area contributed by atoms with Crippen LogP contribution in [0, 0.1) is 13.8 Å². The van der Waals surface area contributed by atoms with Crippen molar-refractivity contribution in [3.8, 4) is 5.69 Å². The first kappa shape index (κ1) is 10.5. The highest BCUT2D eigenvalue weighted by molar-refractivity contribution is 5.93. The number of Topliss-reactive ketones (excluding diaryl/α,β-unsaturated/α-hetero) is 1. The number of aromatic nitrogens is 3. The van der Waals surface area contributed by atoms with Crippen LogP contribution in [-0.4, -0.2) is 20.8 Å². The zero-order valence-electron chi connectivity index (χ0n) is 9.56. The summed E-state index contributed by atoms with van der Waals surface area (Å²) < 4.78 is 1.70. The Kier molecular flexibility index (Phi) is 2.56.